The molecule has 2 aromatic heterocycles. The Kier molecular flexibility index (Phi) is 7.06. The van der Waals surface area contributed by atoms with Gasteiger partial charge in [-0.15, -0.1) is 5.10 Å². The fraction of sp³-hybridized carbons (Fsp3) is 0.421. The maximum Gasteiger partial charge on any atom is 0.360 e. The molecule has 0 spiro atoms. The summed E-state index contributed by atoms with van der Waals surface area (Å²) in [6, 6.07) is 2.03. The second kappa shape index (κ2) is 9.48. The number of nitrogens with zero attached hydrogens (tertiary/aromatic N) is 3. The Morgan fingerprint density at radius 1 is 1.48 bits per heavy atom. The average molecular weight is 370 g/mol. The first-order chi connectivity index (χ1) is 13.1. The van der Waals surface area contributed by atoms with Crippen LogP contribution in [-0.4, -0.2) is 33.1 Å². The predicted molar refractivity (Wildman–Crippen MR) is 104 cm³/mol. The summed E-state index contributed by atoms with van der Waals surface area (Å²) in [5.74, 6) is 6.56. The zero-order chi connectivity index (χ0) is 19.8. The summed E-state index contributed by atoms with van der Waals surface area (Å²) in [5, 5.41) is 7.56. The Balaban J connectivity index is 0.00000126. The van der Waals surface area contributed by atoms with Crippen molar-refractivity contribution < 1.29 is 9.53 Å². The van der Waals surface area contributed by atoms with Gasteiger partial charge in [-0.3, -0.25) is 4.68 Å². The van der Waals surface area contributed by atoms with Crippen LogP contribution in [0.3, 0.4) is 0 Å². The van der Waals surface area contributed by atoms with Gasteiger partial charge in [0.15, 0.2) is 5.69 Å². The van der Waals surface area contributed by atoms with E-state index < -0.39 is 5.97 Å². The molecular formula is C19H26N6O2. The van der Waals surface area contributed by atoms with Gasteiger partial charge in [0.05, 0.1) is 25.5 Å². The molecule has 2 aromatic rings. The van der Waals surface area contributed by atoms with Crippen LogP contribution in [0.5, 0.6) is 0 Å². The number of rotatable bonds is 5. The molecule has 1 fully saturated rings. The van der Waals surface area contributed by atoms with Crippen molar-refractivity contribution in [1.82, 2.24) is 20.0 Å². The summed E-state index contributed by atoms with van der Waals surface area (Å²) >= 11 is 0. The van der Waals surface area contributed by atoms with Gasteiger partial charge < -0.3 is 21.2 Å². The summed E-state index contributed by atoms with van der Waals surface area (Å²) in [6.07, 6.45) is 6.23. The number of esters is 1. The quantitative estimate of drug-likeness (QED) is 0.548. The number of anilines is 1. The lowest BCUT2D eigenvalue weighted by atomic mass is 10.2. The van der Waals surface area contributed by atoms with Crippen LogP contribution < -0.4 is 11.5 Å². The number of ether oxygens (including phenoxy) is 1. The van der Waals surface area contributed by atoms with E-state index in [9.17, 15) is 4.79 Å². The normalized spacial score (nSPS) is 13.2. The number of carbonyl (C=O) groups excluding carboxylic acids is 1. The molecule has 2 heterocycles. The highest BCUT2D eigenvalue weighted by Gasteiger charge is 2.25. The number of hydrogen-bond donors (Lipinski definition) is 3. The Labute approximate surface area is 159 Å². The van der Waals surface area contributed by atoms with Crippen LogP contribution >= 0.6 is 0 Å². The van der Waals surface area contributed by atoms with Crippen LogP contribution in [0.15, 0.2) is 18.0 Å². The molecule has 3 rings (SSSR count). The lowest BCUT2D eigenvalue weighted by molar-refractivity contribution is 0.0594. The number of nitrogens with two attached hydrogens (primary N) is 2. The van der Waals surface area contributed by atoms with Gasteiger partial charge in [-0.25, -0.2) is 4.79 Å². The summed E-state index contributed by atoms with van der Waals surface area (Å²) in [6.45, 7) is 4.50. The number of nitrogens with one attached hydrogen (secondary N) is 1. The molecule has 0 aromatic carbocycles. The number of nitrogen functional groups attached to an aromatic ring is 1. The Morgan fingerprint density at radius 3 is 2.89 bits per heavy atom. The molecule has 27 heavy (non-hydrogen) atoms. The maximum absolute atomic E-state index is 11.3. The Bertz CT molecular complexity index is 864. The fourth-order valence-electron chi connectivity index (χ4n) is 2.39. The van der Waals surface area contributed by atoms with E-state index in [-0.39, 0.29) is 5.69 Å². The molecule has 0 aliphatic heterocycles. The van der Waals surface area contributed by atoms with E-state index >= 15 is 0 Å². The molecule has 1 saturated carbocycles. The first-order valence-electron chi connectivity index (χ1n) is 8.99. The molecule has 0 bridgehead atoms. The highest BCUT2D eigenvalue weighted by Crippen LogP contribution is 2.40. The van der Waals surface area contributed by atoms with Crippen molar-refractivity contribution in [2.75, 3.05) is 12.8 Å². The molecule has 0 unspecified atom stereocenters. The van der Waals surface area contributed by atoms with E-state index in [0.29, 0.717) is 30.4 Å². The summed E-state index contributed by atoms with van der Waals surface area (Å²) in [5.41, 5.74) is 14.6. The predicted octanol–water partition coefficient (Wildman–Crippen LogP) is 2.27. The van der Waals surface area contributed by atoms with Crippen molar-refractivity contribution >= 4 is 17.9 Å². The van der Waals surface area contributed by atoms with Gasteiger partial charge in [-0.2, -0.15) is 0 Å². The first-order valence-corrected chi connectivity index (χ1v) is 8.99. The topological polar surface area (TPSA) is 125 Å². The highest BCUT2D eigenvalue weighted by atomic mass is 16.5. The van der Waals surface area contributed by atoms with Gasteiger partial charge in [0.1, 0.15) is 5.82 Å². The van der Waals surface area contributed by atoms with Crippen LogP contribution in [-0.2, 0) is 11.3 Å². The number of methoxy groups -OCH3 is 1. The van der Waals surface area contributed by atoms with E-state index in [2.05, 4.69) is 31.9 Å². The second-order valence-corrected chi connectivity index (χ2v) is 5.88. The van der Waals surface area contributed by atoms with E-state index in [4.69, 9.17) is 11.5 Å². The van der Waals surface area contributed by atoms with Crippen LogP contribution in [0.25, 0.3) is 6.08 Å². The van der Waals surface area contributed by atoms with Crippen LogP contribution in [0, 0.1) is 11.8 Å². The molecule has 1 aliphatic carbocycles. The monoisotopic (exact) mass is 370 g/mol. The average Bonchev–Trinajstić information content (AvgIpc) is 3.32. The van der Waals surface area contributed by atoms with Gasteiger partial charge in [0.25, 0.3) is 0 Å². The minimum absolute atomic E-state index is 0.171. The lowest BCUT2D eigenvalue weighted by Gasteiger charge is -1.94. The van der Waals surface area contributed by atoms with Crippen LogP contribution in [0.1, 0.15) is 60.8 Å². The molecule has 0 radical (unpaired) electrons. The molecule has 8 heteroatoms. The Hall–Kier alpha value is -3.21. The number of H-pyrrole nitrogens is 1. The van der Waals surface area contributed by atoms with Crippen molar-refractivity contribution in [2.24, 2.45) is 5.73 Å². The summed E-state index contributed by atoms with van der Waals surface area (Å²) < 4.78 is 6.11. The standard InChI is InChI=1S/C17H20N6O2.C2H6/c1-25-17(24)15-10-23(22-21-15)7-3-2-4-13(18)8-12-9-14(11-5-6-11)20-16(12)19;1-2/h8-11,20H,3,5-7,18-19H2,1H3;1-2H3/b13-8-;. The lowest BCUT2D eigenvalue weighted by Crippen LogP contribution is -2.01. The third-order valence-corrected chi connectivity index (χ3v) is 3.86. The molecule has 0 saturated heterocycles. The fourth-order valence-corrected chi connectivity index (χ4v) is 2.39. The zero-order valence-electron chi connectivity index (χ0n) is 16.0. The van der Waals surface area contributed by atoms with Crippen molar-refractivity contribution in [3.05, 3.63) is 34.9 Å². The molecule has 8 nitrogen and oxygen atoms in total. The summed E-state index contributed by atoms with van der Waals surface area (Å²) in [4.78, 5) is 14.5. The highest BCUT2D eigenvalue weighted by molar-refractivity contribution is 5.86. The zero-order valence-corrected chi connectivity index (χ0v) is 16.0. The first kappa shape index (κ1) is 20.1. The molecule has 144 valence electrons. The smallest absolute Gasteiger partial charge is 0.360 e. The molecule has 0 amide bonds. The third-order valence-electron chi connectivity index (χ3n) is 3.86. The van der Waals surface area contributed by atoms with Gasteiger partial charge in [0, 0.05) is 17.7 Å². The van der Waals surface area contributed by atoms with E-state index in [0.717, 1.165) is 11.3 Å². The van der Waals surface area contributed by atoms with Gasteiger partial charge >= 0.3 is 5.97 Å². The van der Waals surface area contributed by atoms with Crippen molar-refractivity contribution in [3.8, 4) is 11.8 Å². The van der Waals surface area contributed by atoms with Crippen LogP contribution in [0.4, 0.5) is 5.82 Å². The number of hydrogen-bond acceptors (Lipinski definition) is 6. The van der Waals surface area contributed by atoms with Gasteiger partial charge in [-0.1, -0.05) is 25.0 Å². The second-order valence-electron chi connectivity index (χ2n) is 5.88. The summed E-state index contributed by atoms with van der Waals surface area (Å²) in [7, 11) is 1.30. The van der Waals surface area contributed by atoms with Crippen LogP contribution in [0.2, 0.25) is 0 Å². The SMILES string of the molecule is CC.COC(=O)c1cn(CCC#C/C(N)=C/c2cc(C3CC3)[nH]c2N)nn1. The minimum Gasteiger partial charge on any atom is -0.464 e. The molecule has 0 atom stereocenters. The number of allylic oxidation sites excluding steroid dienone is 1. The number of carbonyl (C=O) groups is 1. The van der Waals surface area contributed by atoms with E-state index in [1.54, 1.807) is 6.08 Å². The number of aromatic amines is 1. The van der Waals surface area contributed by atoms with E-state index in [1.807, 2.05) is 19.9 Å². The maximum atomic E-state index is 11.3. The van der Waals surface area contributed by atoms with Crippen molar-refractivity contribution in [2.45, 2.75) is 45.6 Å². The third kappa shape index (κ3) is 5.64. The number of aromatic nitrogens is 4. The minimum atomic E-state index is -0.515. The largest absolute Gasteiger partial charge is 0.464 e. The van der Waals surface area contributed by atoms with Gasteiger partial charge in [0.2, 0.25) is 0 Å². The molecule has 1 aliphatic rings. The molecule has 5 N–H and O–H groups in total. The Morgan fingerprint density at radius 2 is 2.22 bits per heavy atom. The van der Waals surface area contributed by atoms with Crippen molar-refractivity contribution in [1.29, 1.82) is 0 Å². The molecular weight excluding hydrogens is 344 g/mol. The van der Waals surface area contributed by atoms with Gasteiger partial charge in [-0.05, 0) is 36.8 Å². The van der Waals surface area contributed by atoms with Crippen molar-refractivity contribution in [3.63, 3.8) is 0 Å². The van der Waals surface area contributed by atoms with E-state index in [1.165, 1.54) is 30.8 Å². The number of aryl methyl sites for hydroxylation is 1.